The minimum Gasteiger partial charge on any atom is -0.456 e. The Morgan fingerprint density at radius 2 is 1.17 bits per heavy atom. The third-order valence-electron chi connectivity index (χ3n) is 11.3. The fourth-order valence-electron chi connectivity index (χ4n) is 8.60. The van der Waals surface area contributed by atoms with Crippen molar-refractivity contribution in [2.45, 2.75) is 19.3 Å². The predicted octanol–water partition coefficient (Wildman–Crippen LogP) is 14.0. The molecule has 4 heteroatoms. The molecule has 0 aliphatic heterocycles. The summed E-state index contributed by atoms with van der Waals surface area (Å²) in [4.78, 5) is 7.19. The van der Waals surface area contributed by atoms with Crippen molar-refractivity contribution in [3.63, 3.8) is 0 Å². The van der Waals surface area contributed by atoms with Gasteiger partial charge in [0.15, 0.2) is 5.58 Å². The van der Waals surface area contributed by atoms with Gasteiger partial charge in [0.1, 0.15) is 16.7 Å². The van der Waals surface area contributed by atoms with Crippen LogP contribution < -0.4 is 4.90 Å². The molecule has 0 radical (unpaired) electrons. The third-order valence-corrected chi connectivity index (χ3v) is 11.3. The van der Waals surface area contributed by atoms with Crippen LogP contribution in [-0.2, 0) is 5.41 Å². The highest BCUT2D eigenvalue weighted by molar-refractivity contribution is 6.12. The highest BCUT2D eigenvalue weighted by Crippen LogP contribution is 2.51. The fraction of sp³-hybridized carbons (Fsp3) is 0.0600. The second kappa shape index (κ2) is 11.5. The monoisotopic (exact) mass is 694 g/mol. The number of aromatic nitrogens is 1. The minimum absolute atomic E-state index is 0.0777. The van der Waals surface area contributed by atoms with E-state index in [1.807, 2.05) is 36.4 Å². The van der Waals surface area contributed by atoms with E-state index < -0.39 is 0 Å². The average molecular weight is 695 g/mol. The van der Waals surface area contributed by atoms with E-state index in [1.165, 1.54) is 44.2 Å². The Bertz CT molecular complexity index is 3060. The van der Waals surface area contributed by atoms with Crippen molar-refractivity contribution in [1.82, 2.24) is 4.98 Å². The first kappa shape index (κ1) is 30.7. The molecule has 11 rings (SSSR count). The Kier molecular flexibility index (Phi) is 6.56. The number of furan rings is 1. The maximum Gasteiger partial charge on any atom is 0.228 e. The number of hydrogen-bond acceptors (Lipinski definition) is 4. The van der Waals surface area contributed by atoms with Crippen LogP contribution >= 0.6 is 0 Å². The second-order valence-electron chi connectivity index (χ2n) is 14.8. The minimum atomic E-state index is -0.0777. The van der Waals surface area contributed by atoms with Crippen LogP contribution in [0.3, 0.4) is 0 Å². The largest absolute Gasteiger partial charge is 0.456 e. The molecule has 0 N–H and O–H groups in total. The molecular weight excluding hydrogens is 661 g/mol. The van der Waals surface area contributed by atoms with E-state index in [0.29, 0.717) is 5.89 Å². The summed E-state index contributed by atoms with van der Waals surface area (Å²) in [5, 5.41) is 4.39. The highest BCUT2D eigenvalue weighted by atomic mass is 16.3. The van der Waals surface area contributed by atoms with Gasteiger partial charge in [0.25, 0.3) is 0 Å². The summed E-state index contributed by atoms with van der Waals surface area (Å²) in [5.41, 5.74) is 14.9. The topological polar surface area (TPSA) is 42.4 Å². The number of nitrogens with zero attached hydrogens (tertiary/aromatic N) is 2. The summed E-state index contributed by atoms with van der Waals surface area (Å²) >= 11 is 0. The molecule has 0 amide bonds. The van der Waals surface area contributed by atoms with Crippen molar-refractivity contribution < 1.29 is 8.83 Å². The SMILES string of the molecule is CC1(C)c2ccccc2-c2cc(N(c3ccc4ccc(-c5ccccc5)cc4c3)c3ccc4c(c3)oc3cccc(-c5nc6ccccc6o5)c34)ccc21. The van der Waals surface area contributed by atoms with Gasteiger partial charge in [0.05, 0.1) is 0 Å². The zero-order valence-corrected chi connectivity index (χ0v) is 29.9. The lowest BCUT2D eigenvalue weighted by Gasteiger charge is -2.27. The number of oxazole rings is 1. The Morgan fingerprint density at radius 1 is 0.463 bits per heavy atom. The third kappa shape index (κ3) is 4.66. The van der Waals surface area contributed by atoms with Crippen LogP contribution in [0.1, 0.15) is 25.0 Å². The van der Waals surface area contributed by atoms with Gasteiger partial charge in [-0.2, -0.15) is 0 Å². The zero-order chi connectivity index (χ0) is 36.0. The van der Waals surface area contributed by atoms with Gasteiger partial charge < -0.3 is 13.7 Å². The summed E-state index contributed by atoms with van der Waals surface area (Å²) in [6.07, 6.45) is 0. The summed E-state index contributed by atoms with van der Waals surface area (Å²) in [7, 11) is 0. The van der Waals surface area contributed by atoms with Gasteiger partial charge in [-0.05, 0) is 111 Å². The Morgan fingerprint density at radius 3 is 2.07 bits per heavy atom. The molecule has 54 heavy (non-hydrogen) atoms. The lowest BCUT2D eigenvalue weighted by molar-refractivity contribution is 0.620. The van der Waals surface area contributed by atoms with Gasteiger partial charge in [-0.1, -0.05) is 111 Å². The fourth-order valence-corrected chi connectivity index (χ4v) is 8.60. The molecule has 10 aromatic rings. The molecule has 0 spiro atoms. The van der Waals surface area contributed by atoms with Crippen LogP contribution in [0.4, 0.5) is 17.1 Å². The molecule has 8 aromatic carbocycles. The van der Waals surface area contributed by atoms with E-state index in [-0.39, 0.29) is 5.41 Å². The molecule has 256 valence electrons. The molecule has 1 aliphatic rings. The van der Waals surface area contributed by atoms with Crippen LogP contribution in [0.5, 0.6) is 0 Å². The summed E-state index contributed by atoms with van der Waals surface area (Å²) in [5.74, 6) is 0.586. The number of para-hydroxylation sites is 2. The number of hydrogen-bond donors (Lipinski definition) is 0. The maximum absolute atomic E-state index is 6.64. The van der Waals surface area contributed by atoms with Gasteiger partial charge in [0.2, 0.25) is 5.89 Å². The van der Waals surface area contributed by atoms with E-state index in [0.717, 1.165) is 55.7 Å². The molecule has 2 aromatic heterocycles. The lowest BCUT2D eigenvalue weighted by Crippen LogP contribution is -2.15. The van der Waals surface area contributed by atoms with E-state index in [9.17, 15) is 0 Å². The summed E-state index contributed by atoms with van der Waals surface area (Å²) < 4.78 is 12.9. The van der Waals surface area contributed by atoms with Crippen molar-refractivity contribution >= 4 is 60.9 Å². The molecule has 0 saturated heterocycles. The first-order valence-corrected chi connectivity index (χ1v) is 18.4. The van der Waals surface area contributed by atoms with Crippen LogP contribution in [0.2, 0.25) is 0 Å². The average Bonchev–Trinajstić information content (AvgIpc) is 3.88. The van der Waals surface area contributed by atoms with Crippen molar-refractivity contribution in [1.29, 1.82) is 0 Å². The van der Waals surface area contributed by atoms with Crippen LogP contribution in [0, 0.1) is 0 Å². The smallest absolute Gasteiger partial charge is 0.228 e. The number of anilines is 3. The van der Waals surface area contributed by atoms with E-state index in [4.69, 9.17) is 13.8 Å². The highest BCUT2D eigenvalue weighted by Gasteiger charge is 2.35. The number of rotatable bonds is 5. The summed E-state index contributed by atoms with van der Waals surface area (Å²) in [6, 6.07) is 60.3. The molecule has 0 bridgehead atoms. The Balaban J connectivity index is 1.10. The molecule has 4 nitrogen and oxygen atoms in total. The van der Waals surface area contributed by atoms with Gasteiger partial charge in [-0.25, -0.2) is 4.98 Å². The van der Waals surface area contributed by atoms with Crippen LogP contribution in [0.15, 0.2) is 179 Å². The number of fused-ring (bicyclic) bond motifs is 8. The molecule has 2 heterocycles. The van der Waals surface area contributed by atoms with E-state index in [2.05, 4.69) is 152 Å². The van der Waals surface area contributed by atoms with Crippen LogP contribution in [-0.4, -0.2) is 4.98 Å². The van der Waals surface area contributed by atoms with Crippen molar-refractivity contribution in [3.8, 4) is 33.7 Å². The van der Waals surface area contributed by atoms with Gasteiger partial charge in [-0.15, -0.1) is 0 Å². The lowest BCUT2D eigenvalue weighted by atomic mass is 9.82. The predicted molar refractivity (Wildman–Crippen MR) is 222 cm³/mol. The zero-order valence-electron chi connectivity index (χ0n) is 29.9. The first-order chi connectivity index (χ1) is 26.5. The van der Waals surface area contributed by atoms with E-state index >= 15 is 0 Å². The number of benzene rings is 8. The molecule has 0 fully saturated rings. The summed E-state index contributed by atoms with van der Waals surface area (Å²) in [6.45, 7) is 4.65. The van der Waals surface area contributed by atoms with Crippen molar-refractivity contribution in [3.05, 3.63) is 181 Å². The molecule has 0 unspecified atom stereocenters. The van der Waals surface area contributed by atoms with Gasteiger partial charge in [-0.3, -0.25) is 0 Å². The quantitative estimate of drug-likeness (QED) is 0.180. The van der Waals surface area contributed by atoms with Crippen molar-refractivity contribution in [2.75, 3.05) is 4.90 Å². The Hall–Kier alpha value is -6.91. The standard InChI is InChI=1S/C50H34N2O2/c1-50(2)42-15-7-6-13-38(42)41-29-36(24-26-43(41)50)52(35-22-21-32-19-20-33(27-34(32)28-35)31-11-4-3-5-12-31)37-23-25-39-47(30-37)53-46-18-10-14-40(48(39)46)49-51-44-16-8-9-17-45(44)54-49/h3-30H,1-2H3. The van der Waals surface area contributed by atoms with Gasteiger partial charge >= 0.3 is 0 Å². The Labute approximate surface area is 312 Å². The maximum atomic E-state index is 6.64. The normalized spacial score (nSPS) is 13.1. The molecule has 0 atom stereocenters. The van der Waals surface area contributed by atoms with Gasteiger partial charge in [0, 0.05) is 44.9 Å². The van der Waals surface area contributed by atoms with E-state index in [1.54, 1.807) is 0 Å². The first-order valence-electron chi connectivity index (χ1n) is 18.4. The molecular formula is C50H34N2O2. The van der Waals surface area contributed by atoms with Crippen molar-refractivity contribution in [2.24, 2.45) is 0 Å². The molecule has 0 saturated carbocycles. The molecule has 1 aliphatic carbocycles. The van der Waals surface area contributed by atoms with Crippen LogP contribution in [0.25, 0.3) is 77.5 Å². The second-order valence-corrected chi connectivity index (χ2v) is 14.8.